The van der Waals surface area contributed by atoms with Crippen LogP contribution in [-0.4, -0.2) is 43.7 Å². The second kappa shape index (κ2) is 6.78. The van der Waals surface area contributed by atoms with Crippen LogP contribution < -0.4 is 11.1 Å². The van der Waals surface area contributed by atoms with E-state index in [4.69, 9.17) is 10.5 Å². The molecule has 0 bridgehead atoms. The standard InChI is InChI=1S/C14H20FN3O2/c1-17-14(19)13-9-20-5-4-18(13)8-11-6-12(15)3-2-10(11)7-16/h2-3,6,13H,4-5,7-9,16H2,1H3,(H,17,19). The van der Waals surface area contributed by atoms with Gasteiger partial charge in [-0.3, -0.25) is 9.69 Å². The molecule has 6 heteroatoms. The Bertz CT molecular complexity index is 481. The van der Waals surface area contributed by atoms with Crippen LogP contribution >= 0.6 is 0 Å². The molecule has 1 amide bonds. The van der Waals surface area contributed by atoms with Gasteiger partial charge < -0.3 is 15.8 Å². The highest BCUT2D eigenvalue weighted by molar-refractivity contribution is 5.81. The van der Waals surface area contributed by atoms with E-state index >= 15 is 0 Å². The van der Waals surface area contributed by atoms with Gasteiger partial charge in [0.05, 0.1) is 13.2 Å². The van der Waals surface area contributed by atoms with Crippen molar-refractivity contribution < 1.29 is 13.9 Å². The van der Waals surface area contributed by atoms with Crippen LogP contribution in [0.25, 0.3) is 0 Å². The Morgan fingerprint density at radius 1 is 1.55 bits per heavy atom. The lowest BCUT2D eigenvalue weighted by Gasteiger charge is -2.34. The Morgan fingerprint density at radius 2 is 2.35 bits per heavy atom. The van der Waals surface area contributed by atoms with Crippen LogP contribution in [-0.2, 0) is 22.6 Å². The topological polar surface area (TPSA) is 67.6 Å². The van der Waals surface area contributed by atoms with Crippen molar-refractivity contribution in [3.05, 3.63) is 35.1 Å². The van der Waals surface area contributed by atoms with E-state index in [1.807, 2.05) is 4.90 Å². The summed E-state index contributed by atoms with van der Waals surface area (Å²) >= 11 is 0. The summed E-state index contributed by atoms with van der Waals surface area (Å²) in [6.07, 6.45) is 0. The zero-order chi connectivity index (χ0) is 14.5. The van der Waals surface area contributed by atoms with E-state index in [0.29, 0.717) is 32.8 Å². The first-order chi connectivity index (χ1) is 9.65. The van der Waals surface area contributed by atoms with Crippen molar-refractivity contribution in [3.8, 4) is 0 Å². The minimum absolute atomic E-state index is 0.0876. The highest BCUT2D eigenvalue weighted by atomic mass is 19.1. The second-order valence-corrected chi connectivity index (χ2v) is 4.79. The fourth-order valence-corrected chi connectivity index (χ4v) is 2.40. The van der Waals surface area contributed by atoms with E-state index in [0.717, 1.165) is 11.1 Å². The number of morpholine rings is 1. The molecule has 1 aromatic carbocycles. The smallest absolute Gasteiger partial charge is 0.239 e. The quantitative estimate of drug-likeness (QED) is 0.829. The van der Waals surface area contributed by atoms with Crippen molar-refractivity contribution in [2.45, 2.75) is 19.1 Å². The van der Waals surface area contributed by atoms with Crippen molar-refractivity contribution in [2.75, 3.05) is 26.8 Å². The Kier molecular flexibility index (Phi) is 5.05. The Morgan fingerprint density at radius 3 is 3.05 bits per heavy atom. The fourth-order valence-electron chi connectivity index (χ4n) is 2.40. The number of ether oxygens (including phenoxy) is 1. The summed E-state index contributed by atoms with van der Waals surface area (Å²) in [6, 6.07) is 4.24. The van der Waals surface area contributed by atoms with E-state index in [1.54, 1.807) is 13.1 Å². The van der Waals surface area contributed by atoms with Crippen molar-refractivity contribution >= 4 is 5.91 Å². The average molecular weight is 281 g/mol. The van der Waals surface area contributed by atoms with Gasteiger partial charge in [0, 0.05) is 26.7 Å². The van der Waals surface area contributed by atoms with E-state index < -0.39 is 0 Å². The minimum Gasteiger partial charge on any atom is -0.378 e. The molecule has 3 N–H and O–H groups in total. The van der Waals surface area contributed by atoms with Crippen LogP contribution in [0, 0.1) is 5.82 Å². The van der Waals surface area contributed by atoms with E-state index in [2.05, 4.69) is 5.32 Å². The van der Waals surface area contributed by atoms with Gasteiger partial charge in [-0.05, 0) is 23.3 Å². The molecule has 0 aromatic heterocycles. The number of likely N-dealkylation sites (N-methyl/N-ethyl adjacent to an activating group) is 1. The molecule has 0 aliphatic carbocycles. The molecule has 0 spiro atoms. The van der Waals surface area contributed by atoms with Gasteiger partial charge in [-0.15, -0.1) is 0 Å². The van der Waals surface area contributed by atoms with Gasteiger partial charge in [0.25, 0.3) is 0 Å². The number of carbonyl (C=O) groups is 1. The Hall–Kier alpha value is -1.50. The summed E-state index contributed by atoms with van der Waals surface area (Å²) in [6.45, 7) is 2.41. The zero-order valence-electron chi connectivity index (χ0n) is 11.6. The summed E-state index contributed by atoms with van der Waals surface area (Å²) in [5.41, 5.74) is 7.40. The molecule has 5 nitrogen and oxygen atoms in total. The second-order valence-electron chi connectivity index (χ2n) is 4.79. The molecular formula is C14H20FN3O2. The van der Waals surface area contributed by atoms with Crippen molar-refractivity contribution in [2.24, 2.45) is 5.73 Å². The van der Waals surface area contributed by atoms with Crippen LogP contribution in [0.1, 0.15) is 11.1 Å². The Labute approximate surface area is 117 Å². The predicted octanol–water partition coefficient (Wildman–Crippen LogP) is 0.231. The molecule has 0 saturated carbocycles. The number of benzene rings is 1. The molecule has 110 valence electrons. The van der Waals surface area contributed by atoms with Crippen LogP contribution in [0.4, 0.5) is 4.39 Å². The first-order valence-corrected chi connectivity index (χ1v) is 6.66. The first kappa shape index (κ1) is 14.9. The summed E-state index contributed by atoms with van der Waals surface area (Å²) in [7, 11) is 1.60. The van der Waals surface area contributed by atoms with Gasteiger partial charge in [-0.1, -0.05) is 6.07 Å². The number of hydrogen-bond donors (Lipinski definition) is 2. The maximum absolute atomic E-state index is 13.4. The molecular weight excluding hydrogens is 261 g/mol. The van der Waals surface area contributed by atoms with Crippen LogP contribution in [0.15, 0.2) is 18.2 Å². The van der Waals surface area contributed by atoms with Gasteiger partial charge >= 0.3 is 0 Å². The molecule has 1 aliphatic heterocycles. The third kappa shape index (κ3) is 3.33. The zero-order valence-corrected chi connectivity index (χ0v) is 11.6. The van der Waals surface area contributed by atoms with Gasteiger partial charge in [0.15, 0.2) is 0 Å². The lowest BCUT2D eigenvalue weighted by atomic mass is 10.1. The van der Waals surface area contributed by atoms with Crippen molar-refractivity contribution in [3.63, 3.8) is 0 Å². The minimum atomic E-state index is -0.345. The molecule has 1 saturated heterocycles. The van der Waals surface area contributed by atoms with E-state index in [1.165, 1.54) is 12.1 Å². The fraction of sp³-hybridized carbons (Fsp3) is 0.500. The molecule has 20 heavy (non-hydrogen) atoms. The summed E-state index contributed by atoms with van der Waals surface area (Å²) in [5.74, 6) is -0.377. The largest absolute Gasteiger partial charge is 0.378 e. The van der Waals surface area contributed by atoms with Crippen LogP contribution in [0.2, 0.25) is 0 Å². The Balaban J connectivity index is 2.18. The first-order valence-electron chi connectivity index (χ1n) is 6.66. The number of nitrogens with two attached hydrogens (primary N) is 1. The lowest BCUT2D eigenvalue weighted by Crippen LogP contribution is -2.52. The van der Waals surface area contributed by atoms with Gasteiger partial charge in [-0.25, -0.2) is 4.39 Å². The third-order valence-corrected chi connectivity index (χ3v) is 3.55. The number of halogens is 1. The molecule has 1 atom stereocenters. The maximum Gasteiger partial charge on any atom is 0.239 e. The molecule has 1 aliphatic rings. The summed E-state index contributed by atoms with van der Waals surface area (Å²) in [4.78, 5) is 13.9. The highest BCUT2D eigenvalue weighted by Gasteiger charge is 2.29. The summed E-state index contributed by atoms with van der Waals surface area (Å²) < 4.78 is 18.7. The molecule has 1 heterocycles. The number of amides is 1. The molecule has 1 fully saturated rings. The molecule has 1 unspecified atom stereocenters. The maximum atomic E-state index is 13.4. The third-order valence-electron chi connectivity index (χ3n) is 3.55. The molecule has 2 rings (SSSR count). The van der Waals surface area contributed by atoms with Crippen LogP contribution in [0.5, 0.6) is 0 Å². The van der Waals surface area contributed by atoms with Crippen molar-refractivity contribution in [1.29, 1.82) is 0 Å². The lowest BCUT2D eigenvalue weighted by molar-refractivity contribution is -0.132. The SMILES string of the molecule is CNC(=O)C1COCCN1Cc1cc(F)ccc1CN. The monoisotopic (exact) mass is 281 g/mol. The number of nitrogens with one attached hydrogen (secondary N) is 1. The van der Waals surface area contributed by atoms with Gasteiger partial charge in [-0.2, -0.15) is 0 Å². The van der Waals surface area contributed by atoms with E-state index in [-0.39, 0.29) is 17.8 Å². The molecule has 1 aromatic rings. The molecule has 0 radical (unpaired) electrons. The van der Waals surface area contributed by atoms with Crippen LogP contribution in [0.3, 0.4) is 0 Å². The normalized spacial score (nSPS) is 19.9. The average Bonchev–Trinajstić information content (AvgIpc) is 2.47. The number of rotatable bonds is 4. The van der Waals surface area contributed by atoms with Gasteiger partial charge in [0.2, 0.25) is 5.91 Å². The number of carbonyl (C=O) groups excluding carboxylic acids is 1. The highest BCUT2D eigenvalue weighted by Crippen LogP contribution is 2.17. The van der Waals surface area contributed by atoms with Gasteiger partial charge in [0.1, 0.15) is 11.9 Å². The number of hydrogen-bond acceptors (Lipinski definition) is 4. The summed E-state index contributed by atoms with van der Waals surface area (Å²) in [5, 5.41) is 2.63. The predicted molar refractivity (Wildman–Crippen MR) is 73.4 cm³/mol. The number of nitrogens with zero attached hydrogens (tertiary/aromatic N) is 1. The van der Waals surface area contributed by atoms with E-state index in [9.17, 15) is 9.18 Å². The van der Waals surface area contributed by atoms with Crippen molar-refractivity contribution in [1.82, 2.24) is 10.2 Å².